The highest BCUT2D eigenvalue weighted by molar-refractivity contribution is 5.47. The van der Waals surface area contributed by atoms with Crippen molar-refractivity contribution in [1.82, 2.24) is 9.55 Å². The maximum absolute atomic E-state index is 12.5. The summed E-state index contributed by atoms with van der Waals surface area (Å²) in [6.07, 6.45) is -0.614. The largest absolute Gasteiger partial charge is 0.497 e. The molecule has 0 saturated heterocycles. The van der Waals surface area contributed by atoms with Gasteiger partial charge in [0.05, 0.1) is 43.5 Å². The van der Waals surface area contributed by atoms with E-state index >= 15 is 0 Å². The highest BCUT2D eigenvalue weighted by Gasteiger charge is 2.33. The Morgan fingerprint density at radius 1 is 1.26 bits per heavy atom. The van der Waals surface area contributed by atoms with Gasteiger partial charge in [0.2, 0.25) is 0 Å². The van der Waals surface area contributed by atoms with Crippen molar-refractivity contribution in [3.05, 3.63) is 56.1 Å². The standard InChI is InChI=1S/C23H34N4O8/c1-6-19(35-16(11-28)12-29)26-10-14(21(24)25-22(26)30)13-34-20(23(2,3)4)17-9-15(33-5)7-8-18(17)27(31)32/h7-10,16,19-20,28-29H,6,11-13H2,1-5H3,(H2,24,25,30)/t19-,20-/m1/s1. The molecule has 0 aliphatic heterocycles. The summed E-state index contributed by atoms with van der Waals surface area (Å²) < 4.78 is 18.3. The van der Waals surface area contributed by atoms with Crippen molar-refractivity contribution < 1.29 is 29.3 Å². The van der Waals surface area contributed by atoms with Crippen molar-refractivity contribution in [2.45, 2.75) is 59.2 Å². The summed E-state index contributed by atoms with van der Waals surface area (Å²) in [5, 5.41) is 30.4. The van der Waals surface area contributed by atoms with Gasteiger partial charge in [0.25, 0.3) is 5.69 Å². The van der Waals surface area contributed by atoms with Gasteiger partial charge in [0, 0.05) is 17.8 Å². The van der Waals surface area contributed by atoms with Crippen LogP contribution in [0.4, 0.5) is 11.5 Å². The van der Waals surface area contributed by atoms with E-state index in [9.17, 15) is 25.1 Å². The van der Waals surface area contributed by atoms with Crippen molar-refractivity contribution in [2.75, 3.05) is 26.1 Å². The lowest BCUT2D eigenvalue weighted by Gasteiger charge is -2.31. The van der Waals surface area contributed by atoms with E-state index in [-0.39, 0.29) is 18.1 Å². The molecule has 0 amide bonds. The third kappa shape index (κ3) is 6.98. The lowest BCUT2D eigenvalue weighted by Crippen LogP contribution is -2.34. The summed E-state index contributed by atoms with van der Waals surface area (Å²) in [4.78, 5) is 27.6. The van der Waals surface area contributed by atoms with Gasteiger partial charge in [0.15, 0.2) is 0 Å². The Hall–Kier alpha value is -3.06. The number of ether oxygens (including phenoxy) is 3. The predicted molar refractivity (Wildman–Crippen MR) is 128 cm³/mol. The zero-order valence-electron chi connectivity index (χ0n) is 20.6. The minimum absolute atomic E-state index is 0.0465. The molecule has 1 aromatic heterocycles. The van der Waals surface area contributed by atoms with Gasteiger partial charge in [0.1, 0.15) is 23.9 Å². The highest BCUT2D eigenvalue weighted by Crippen LogP contribution is 2.42. The number of methoxy groups -OCH3 is 1. The number of nitro benzene ring substituents is 1. The van der Waals surface area contributed by atoms with E-state index in [0.717, 1.165) is 0 Å². The van der Waals surface area contributed by atoms with Gasteiger partial charge < -0.3 is 30.2 Å². The molecule has 2 rings (SSSR count). The van der Waals surface area contributed by atoms with Gasteiger partial charge in [-0.15, -0.1) is 0 Å². The molecular weight excluding hydrogens is 460 g/mol. The normalized spacial score (nSPS) is 13.6. The lowest BCUT2D eigenvalue weighted by atomic mass is 9.83. The maximum Gasteiger partial charge on any atom is 0.351 e. The van der Waals surface area contributed by atoms with Crippen LogP contribution in [0.15, 0.2) is 29.2 Å². The van der Waals surface area contributed by atoms with Crippen LogP contribution in [0.1, 0.15) is 57.6 Å². The van der Waals surface area contributed by atoms with E-state index in [2.05, 4.69) is 4.98 Å². The first-order valence-electron chi connectivity index (χ1n) is 11.1. The first kappa shape index (κ1) is 28.2. The van der Waals surface area contributed by atoms with Gasteiger partial charge in [-0.3, -0.25) is 14.7 Å². The first-order valence-corrected chi connectivity index (χ1v) is 11.1. The van der Waals surface area contributed by atoms with Crippen molar-refractivity contribution in [3.8, 4) is 5.75 Å². The van der Waals surface area contributed by atoms with Crippen LogP contribution in [-0.2, 0) is 16.1 Å². The van der Waals surface area contributed by atoms with Crippen LogP contribution >= 0.6 is 0 Å². The third-order valence-electron chi connectivity index (χ3n) is 5.38. The summed E-state index contributed by atoms with van der Waals surface area (Å²) >= 11 is 0. The SMILES string of the molecule is CC[C@@H](OC(CO)CO)n1cc(CO[C@H](c2cc(OC)ccc2[N+](=O)[O-])C(C)(C)C)c(N)nc1=O. The molecule has 0 unspecified atom stereocenters. The van der Waals surface area contributed by atoms with E-state index in [1.165, 1.54) is 30.0 Å². The number of aliphatic hydroxyl groups excluding tert-OH is 2. The fourth-order valence-corrected chi connectivity index (χ4v) is 3.58. The predicted octanol–water partition coefficient (Wildman–Crippen LogP) is 2.32. The molecule has 0 bridgehead atoms. The molecule has 1 heterocycles. The summed E-state index contributed by atoms with van der Waals surface area (Å²) in [6.45, 7) is 6.47. The molecule has 0 fully saturated rings. The fourth-order valence-electron chi connectivity index (χ4n) is 3.58. The van der Waals surface area contributed by atoms with Crippen molar-refractivity contribution >= 4 is 11.5 Å². The molecule has 0 spiro atoms. The maximum atomic E-state index is 12.5. The van der Waals surface area contributed by atoms with Crippen LogP contribution < -0.4 is 16.2 Å². The number of anilines is 1. The third-order valence-corrected chi connectivity index (χ3v) is 5.38. The molecule has 1 aromatic carbocycles. The lowest BCUT2D eigenvalue weighted by molar-refractivity contribution is -0.386. The minimum atomic E-state index is -0.872. The monoisotopic (exact) mass is 494 g/mol. The van der Waals surface area contributed by atoms with Gasteiger partial charge in [-0.2, -0.15) is 4.98 Å². The van der Waals surface area contributed by atoms with Gasteiger partial charge in [-0.25, -0.2) is 4.79 Å². The number of aliphatic hydroxyl groups is 2. The number of nitro groups is 1. The summed E-state index contributed by atoms with van der Waals surface area (Å²) in [7, 11) is 1.47. The molecule has 0 saturated carbocycles. The summed E-state index contributed by atoms with van der Waals surface area (Å²) in [5.74, 6) is 0.401. The molecule has 194 valence electrons. The van der Waals surface area contributed by atoms with E-state index in [0.29, 0.717) is 23.3 Å². The Morgan fingerprint density at radius 3 is 2.43 bits per heavy atom. The van der Waals surface area contributed by atoms with Crippen LogP contribution in [0.2, 0.25) is 0 Å². The molecule has 12 heteroatoms. The molecule has 0 radical (unpaired) electrons. The van der Waals surface area contributed by atoms with Crippen molar-refractivity contribution in [2.24, 2.45) is 5.41 Å². The fraction of sp³-hybridized carbons (Fsp3) is 0.565. The number of nitrogen functional groups attached to an aromatic ring is 1. The van der Waals surface area contributed by atoms with Gasteiger partial charge in [-0.1, -0.05) is 27.7 Å². The Kier molecular flexibility index (Phi) is 9.72. The number of aromatic nitrogens is 2. The smallest absolute Gasteiger partial charge is 0.351 e. The van der Waals surface area contributed by atoms with E-state index < -0.39 is 47.7 Å². The Balaban J connectivity index is 2.44. The minimum Gasteiger partial charge on any atom is -0.497 e. The van der Waals surface area contributed by atoms with Gasteiger partial charge >= 0.3 is 5.69 Å². The van der Waals surface area contributed by atoms with Crippen LogP contribution in [0.5, 0.6) is 5.75 Å². The first-order chi connectivity index (χ1) is 16.5. The average molecular weight is 495 g/mol. The average Bonchev–Trinajstić information content (AvgIpc) is 2.80. The van der Waals surface area contributed by atoms with Crippen LogP contribution in [0, 0.1) is 15.5 Å². The summed E-state index contributed by atoms with van der Waals surface area (Å²) in [6, 6.07) is 4.45. The van der Waals surface area contributed by atoms with Crippen molar-refractivity contribution in [1.29, 1.82) is 0 Å². The molecule has 35 heavy (non-hydrogen) atoms. The number of nitrogens with two attached hydrogens (primary N) is 1. The zero-order chi connectivity index (χ0) is 26.3. The molecule has 2 aromatic rings. The highest BCUT2D eigenvalue weighted by atomic mass is 16.6. The van der Waals surface area contributed by atoms with Crippen LogP contribution in [-0.4, -0.2) is 51.1 Å². The number of rotatable bonds is 12. The topological polar surface area (TPSA) is 172 Å². The Bertz CT molecular complexity index is 1060. The molecule has 0 aliphatic rings. The quantitative estimate of drug-likeness (QED) is 0.293. The second-order valence-corrected chi connectivity index (χ2v) is 9.07. The number of hydrogen-bond acceptors (Lipinski definition) is 10. The second-order valence-electron chi connectivity index (χ2n) is 9.07. The molecule has 0 aliphatic carbocycles. The Labute approximate surface area is 203 Å². The molecular formula is C23H34N4O8. The van der Waals surface area contributed by atoms with Crippen LogP contribution in [0.25, 0.3) is 0 Å². The van der Waals surface area contributed by atoms with Crippen LogP contribution in [0.3, 0.4) is 0 Å². The summed E-state index contributed by atoms with van der Waals surface area (Å²) in [5.41, 5.74) is 5.37. The Morgan fingerprint density at radius 2 is 1.91 bits per heavy atom. The van der Waals surface area contributed by atoms with E-state index in [1.54, 1.807) is 13.0 Å². The zero-order valence-corrected chi connectivity index (χ0v) is 20.6. The number of benzene rings is 1. The number of hydrogen-bond donors (Lipinski definition) is 3. The van der Waals surface area contributed by atoms with Crippen molar-refractivity contribution in [3.63, 3.8) is 0 Å². The molecule has 2 atom stereocenters. The van der Waals surface area contributed by atoms with E-state index in [1.807, 2.05) is 20.8 Å². The molecule has 12 nitrogen and oxygen atoms in total. The molecule has 4 N–H and O–H groups in total. The number of nitrogens with zero attached hydrogens (tertiary/aromatic N) is 3. The van der Waals surface area contributed by atoms with E-state index in [4.69, 9.17) is 19.9 Å². The van der Waals surface area contributed by atoms with Gasteiger partial charge in [-0.05, 0) is 24.0 Å². The second kappa shape index (κ2) is 12.1.